The van der Waals surface area contributed by atoms with Crippen LogP contribution in [0.1, 0.15) is 24.4 Å². The molecule has 0 fully saturated rings. The van der Waals surface area contributed by atoms with Crippen LogP contribution in [0.2, 0.25) is 10.0 Å². The number of hydrogen-bond acceptors (Lipinski definition) is 4. The lowest BCUT2D eigenvalue weighted by molar-refractivity contribution is 0.210. The van der Waals surface area contributed by atoms with E-state index in [4.69, 9.17) is 27.9 Å². The topological polar surface area (TPSA) is 39.9 Å². The standard InChI is InChI=1S/C20H19Cl2N3OS/c1-3-11-25-19(14(2)26-18-10-5-4-9-17(18)22)23-24-20(25)27-13-15-7-6-8-16(21)12-15/h3-10,12,14H,1,11,13H2,2H3/t14-/m1/s1. The number of para-hydroxylation sites is 1. The monoisotopic (exact) mass is 419 g/mol. The Morgan fingerprint density at radius 1 is 1.19 bits per heavy atom. The SMILES string of the molecule is C=CCn1c(SCc2cccc(Cl)c2)nnc1[C@@H](C)Oc1ccccc1Cl. The minimum atomic E-state index is -0.308. The van der Waals surface area contributed by atoms with E-state index in [-0.39, 0.29) is 6.10 Å². The van der Waals surface area contributed by atoms with Crippen molar-refractivity contribution in [2.75, 3.05) is 0 Å². The van der Waals surface area contributed by atoms with Gasteiger partial charge in [-0.2, -0.15) is 0 Å². The highest BCUT2D eigenvalue weighted by atomic mass is 35.5. The molecule has 1 aromatic heterocycles. The van der Waals surface area contributed by atoms with Crippen molar-refractivity contribution < 1.29 is 4.74 Å². The molecule has 0 spiro atoms. The molecule has 0 aliphatic rings. The van der Waals surface area contributed by atoms with Crippen molar-refractivity contribution in [1.82, 2.24) is 14.8 Å². The number of ether oxygens (including phenoxy) is 1. The lowest BCUT2D eigenvalue weighted by atomic mass is 10.2. The van der Waals surface area contributed by atoms with E-state index in [0.717, 1.165) is 27.3 Å². The van der Waals surface area contributed by atoms with Crippen molar-refractivity contribution in [2.45, 2.75) is 30.5 Å². The van der Waals surface area contributed by atoms with Crippen LogP contribution >= 0.6 is 35.0 Å². The van der Waals surface area contributed by atoms with Gasteiger partial charge in [0.2, 0.25) is 0 Å². The van der Waals surface area contributed by atoms with Crippen molar-refractivity contribution in [2.24, 2.45) is 0 Å². The predicted molar refractivity (Wildman–Crippen MR) is 112 cm³/mol. The minimum absolute atomic E-state index is 0.308. The summed E-state index contributed by atoms with van der Waals surface area (Å²) >= 11 is 13.9. The number of hydrogen-bond donors (Lipinski definition) is 0. The largest absolute Gasteiger partial charge is 0.481 e. The molecule has 0 unspecified atom stereocenters. The summed E-state index contributed by atoms with van der Waals surface area (Å²) < 4.78 is 8.00. The third kappa shape index (κ3) is 5.06. The second-order valence-corrected chi connectivity index (χ2v) is 7.64. The van der Waals surface area contributed by atoms with Crippen molar-refractivity contribution >= 4 is 35.0 Å². The summed E-state index contributed by atoms with van der Waals surface area (Å²) in [5.74, 6) is 2.09. The van der Waals surface area contributed by atoms with Crippen LogP contribution in [-0.4, -0.2) is 14.8 Å². The third-order valence-electron chi connectivity index (χ3n) is 3.82. The Hall–Kier alpha value is -1.95. The van der Waals surface area contributed by atoms with E-state index >= 15 is 0 Å². The van der Waals surface area contributed by atoms with Gasteiger partial charge >= 0.3 is 0 Å². The molecule has 0 aliphatic carbocycles. The van der Waals surface area contributed by atoms with E-state index < -0.39 is 0 Å². The number of halogens is 2. The Bertz CT molecular complexity index is 929. The van der Waals surface area contributed by atoms with Gasteiger partial charge < -0.3 is 4.74 Å². The van der Waals surface area contributed by atoms with Crippen LogP contribution in [0.3, 0.4) is 0 Å². The first kappa shape index (κ1) is 19.8. The molecule has 3 aromatic rings. The van der Waals surface area contributed by atoms with Gasteiger partial charge in [0.25, 0.3) is 0 Å². The molecule has 7 heteroatoms. The first-order chi connectivity index (χ1) is 13.1. The van der Waals surface area contributed by atoms with Gasteiger partial charge in [-0.15, -0.1) is 16.8 Å². The van der Waals surface area contributed by atoms with Crippen LogP contribution < -0.4 is 4.74 Å². The van der Waals surface area contributed by atoms with Crippen LogP contribution in [0.5, 0.6) is 5.75 Å². The zero-order valence-electron chi connectivity index (χ0n) is 14.8. The van der Waals surface area contributed by atoms with Gasteiger partial charge in [0.1, 0.15) is 5.75 Å². The summed E-state index contributed by atoms with van der Waals surface area (Å²) in [6.07, 6.45) is 1.51. The van der Waals surface area contributed by atoms with E-state index in [9.17, 15) is 0 Å². The molecule has 0 saturated carbocycles. The zero-order chi connectivity index (χ0) is 19.2. The molecule has 2 aromatic carbocycles. The maximum atomic E-state index is 6.19. The molecule has 0 saturated heterocycles. The van der Waals surface area contributed by atoms with Crippen molar-refractivity contribution in [3.63, 3.8) is 0 Å². The first-order valence-electron chi connectivity index (χ1n) is 8.41. The number of benzene rings is 2. The Labute approximate surface area is 173 Å². The molecule has 1 atom stereocenters. The molecular weight excluding hydrogens is 401 g/mol. The highest BCUT2D eigenvalue weighted by molar-refractivity contribution is 7.98. The molecule has 3 rings (SSSR count). The van der Waals surface area contributed by atoms with Crippen LogP contribution in [0.25, 0.3) is 0 Å². The van der Waals surface area contributed by atoms with Gasteiger partial charge in [0, 0.05) is 17.3 Å². The lowest BCUT2D eigenvalue weighted by Gasteiger charge is -2.16. The molecule has 27 heavy (non-hydrogen) atoms. The second-order valence-electron chi connectivity index (χ2n) is 5.85. The van der Waals surface area contributed by atoms with E-state index in [0.29, 0.717) is 17.3 Å². The molecule has 0 amide bonds. The smallest absolute Gasteiger partial charge is 0.191 e. The van der Waals surface area contributed by atoms with Crippen LogP contribution in [0.4, 0.5) is 0 Å². The second kappa shape index (κ2) is 9.31. The molecule has 4 nitrogen and oxygen atoms in total. The van der Waals surface area contributed by atoms with Crippen LogP contribution in [0.15, 0.2) is 66.3 Å². The maximum absolute atomic E-state index is 6.19. The summed E-state index contributed by atoms with van der Waals surface area (Å²) in [6, 6.07) is 15.2. The summed E-state index contributed by atoms with van der Waals surface area (Å²) in [4.78, 5) is 0. The quantitative estimate of drug-likeness (QED) is 0.321. The number of rotatable bonds is 8. The summed E-state index contributed by atoms with van der Waals surface area (Å²) in [5, 5.41) is 10.8. The van der Waals surface area contributed by atoms with Crippen molar-refractivity contribution in [1.29, 1.82) is 0 Å². The van der Waals surface area contributed by atoms with Gasteiger partial charge in [-0.1, -0.05) is 65.3 Å². The molecule has 0 N–H and O–H groups in total. The number of thioether (sulfide) groups is 1. The molecular formula is C20H19Cl2N3OS. The fourth-order valence-electron chi connectivity index (χ4n) is 2.57. The normalized spacial score (nSPS) is 12.0. The van der Waals surface area contributed by atoms with Crippen LogP contribution in [-0.2, 0) is 12.3 Å². The van der Waals surface area contributed by atoms with Gasteiger partial charge in [0.05, 0.1) is 5.02 Å². The highest BCUT2D eigenvalue weighted by Gasteiger charge is 2.19. The van der Waals surface area contributed by atoms with E-state index in [1.54, 1.807) is 17.8 Å². The Morgan fingerprint density at radius 2 is 2.00 bits per heavy atom. The molecule has 0 radical (unpaired) electrons. The van der Waals surface area contributed by atoms with Crippen molar-refractivity contribution in [3.05, 3.63) is 82.6 Å². The van der Waals surface area contributed by atoms with E-state index in [1.807, 2.05) is 60.0 Å². The Morgan fingerprint density at radius 3 is 2.74 bits per heavy atom. The van der Waals surface area contributed by atoms with Gasteiger partial charge in [0.15, 0.2) is 17.1 Å². The average molecular weight is 420 g/mol. The van der Waals surface area contributed by atoms with Gasteiger partial charge in [-0.3, -0.25) is 4.57 Å². The predicted octanol–water partition coefficient (Wildman–Crippen LogP) is 6.20. The van der Waals surface area contributed by atoms with E-state index in [2.05, 4.69) is 16.8 Å². The first-order valence-corrected chi connectivity index (χ1v) is 10.1. The average Bonchev–Trinajstić information content (AvgIpc) is 3.05. The summed E-state index contributed by atoms with van der Waals surface area (Å²) in [7, 11) is 0. The molecule has 140 valence electrons. The Kier molecular flexibility index (Phi) is 6.83. The fourth-order valence-corrected chi connectivity index (χ4v) is 3.86. The van der Waals surface area contributed by atoms with Gasteiger partial charge in [-0.05, 0) is 36.8 Å². The molecule has 0 bridgehead atoms. The summed E-state index contributed by atoms with van der Waals surface area (Å²) in [5.41, 5.74) is 1.13. The van der Waals surface area contributed by atoms with Gasteiger partial charge in [-0.25, -0.2) is 0 Å². The maximum Gasteiger partial charge on any atom is 0.191 e. The van der Waals surface area contributed by atoms with Crippen molar-refractivity contribution in [3.8, 4) is 5.75 Å². The number of aromatic nitrogens is 3. The third-order valence-corrected chi connectivity index (χ3v) is 5.40. The number of nitrogens with zero attached hydrogens (tertiary/aromatic N) is 3. The minimum Gasteiger partial charge on any atom is -0.481 e. The fraction of sp³-hybridized carbons (Fsp3) is 0.200. The van der Waals surface area contributed by atoms with E-state index in [1.165, 1.54) is 0 Å². The molecule has 1 heterocycles. The van der Waals surface area contributed by atoms with Crippen LogP contribution in [0, 0.1) is 0 Å². The highest BCUT2D eigenvalue weighted by Crippen LogP contribution is 2.30. The number of allylic oxidation sites excluding steroid dienone is 1. The zero-order valence-corrected chi connectivity index (χ0v) is 17.1. The Balaban J connectivity index is 1.77. The summed E-state index contributed by atoms with van der Waals surface area (Å²) in [6.45, 7) is 6.36. The lowest BCUT2D eigenvalue weighted by Crippen LogP contribution is -2.12. The molecule has 0 aliphatic heterocycles.